The maximum atomic E-state index is 5.66. The van der Waals surface area contributed by atoms with Crippen LogP contribution in [0.5, 0.6) is 0 Å². The number of hydrogen-bond acceptors (Lipinski definition) is 5. The summed E-state index contributed by atoms with van der Waals surface area (Å²) >= 11 is 0. The van der Waals surface area contributed by atoms with E-state index in [0.29, 0.717) is 12.1 Å². The zero-order valence-corrected chi connectivity index (χ0v) is 12.4. The molecule has 2 N–H and O–H groups in total. The number of hydrogen-bond donors (Lipinski definition) is 2. The Hall–Kier alpha value is -1.88. The van der Waals surface area contributed by atoms with Gasteiger partial charge >= 0.3 is 0 Å². The Morgan fingerprint density at radius 1 is 1.24 bits per heavy atom. The molecule has 0 radical (unpaired) electrons. The van der Waals surface area contributed by atoms with Gasteiger partial charge in [0.25, 0.3) is 0 Å². The van der Waals surface area contributed by atoms with Crippen LogP contribution >= 0.6 is 0 Å². The van der Waals surface area contributed by atoms with Gasteiger partial charge in [0.1, 0.15) is 5.82 Å². The van der Waals surface area contributed by atoms with Crippen molar-refractivity contribution in [2.75, 3.05) is 30.3 Å². The minimum absolute atomic E-state index is 0.297. The van der Waals surface area contributed by atoms with Crippen LogP contribution in [0.15, 0.2) is 24.3 Å². The fourth-order valence-corrected chi connectivity index (χ4v) is 2.54. The number of rotatable bonds is 6. The van der Waals surface area contributed by atoms with Gasteiger partial charge in [-0.05, 0) is 31.4 Å². The van der Waals surface area contributed by atoms with E-state index in [4.69, 9.17) is 4.74 Å². The van der Waals surface area contributed by atoms with Gasteiger partial charge < -0.3 is 15.4 Å². The number of aromatic nitrogens is 2. The van der Waals surface area contributed by atoms with Crippen molar-refractivity contribution in [2.45, 2.75) is 32.3 Å². The average molecular weight is 286 g/mol. The molecule has 0 saturated carbocycles. The van der Waals surface area contributed by atoms with Crippen LogP contribution in [0.3, 0.4) is 0 Å². The van der Waals surface area contributed by atoms with Crippen LogP contribution < -0.4 is 10.6 Å². The van der Waals surface area contributed by atoms with Crippen molar-refractivity contribution >= 4 is 22.7 Å². The van der Waals surface area contributed by atoms with Gasteiger partial charge in [0.15, 0.2) is 0 Å². The summed E-state index contributed by atoms with van der Waals surface area (Å²) in [6.45, 7) is 4.68. The summed E-state index contributed by atoms with van der Waals surface area (Å²) in [6.07, 6.45) is 3.62. The Morgan fingerprint density at radius 3 is 2.95 bits per heavy atom. The zero-order chi connectivity index (χ0) is 14.5. The molecule has 0 amide bonds. The predicted molar refractivity (Wildman–Crippen MR) is 85.8 cm³/mol. The highest BCUT2D eigenvalue weighted by Gasteiger charge is 2.16. The molecule has 0 spiro atoms. The molecule has 1 aromatic heterocycles. The first-order chi connectivity index (χ1) is 10.4. The predicted octanol–water partition coefficient (Wildman–Crippen LogP) is 3.04. The maximum Gasteiger partial charge on any atom is 0.225 e. The highest BCUT2D eigenvalue weighted by atomic mass is 16.5. The topological polar surface area (TPSA) is 59.1 Å². The van der Waals surface area contributed by atoms with Gasteiger partial charge in [-0.1, -0.05) is 19.1 Å². The number of ether oxygens (including phenoxy) is 1. The van der Waals surface area contributed by atoms with Crippen LogP contribution in [0.1, 0.15) is 26.2 Å². The van der Waals surface area contributed by atoms with E-state index in [9.17, 15) is 0 Å². The molecule has 2 aromatic rings. The molecular formula is C16H22N4O. The lowest BCUT2D eigenvalue weighted by atomic mass is 10.2. The molecule has 1 aromatic carbocycles. The number of nitrogens with one attached hydrogen (secondary N) is 2. The van der Waals surface area contributed by atoms with E-state index in [0.717, 1.165) is 55.7 Å². The molecule has 1 fully saturated rings. The largest absolute Gasteiger partial charge is 0.376 e. The highest BCUT2D eigenvalue weighted by molar-refractivity contribution is 5.90. The van der Waals surface area contributed by atoms with Gasteiger partial charge in [-0.25, -0.2) is 4.98 Å². The third-order valence-electron chi connectivity index (χ3n) is 3.66. The second-order valence-electron chi connectivity index (χ2n) is 5.36. The molecule has 1 aliphatic heterocycles. The maximum absolute atomic E-state index is 5.66. The van der Waals surface area contributed by atoms with E-state index in [1.165, 1.54) is 0 Å². The molecule has 2 heterocycles. The Labute approximate surface area is 125 Å². The van der Waals surface area contributed by atoms with E-state index >= 15 is 0 Å². The van der Waals surface area contributed by atoms with Crippen molar-refractivity contribution < 1.29 is 4.74 Å². The first-order valence-corrected chi connectivity index (χ1v) is 7.73. The minimum Gasteiger partial charge on any atom is -0.376 e. The Morgan fingerprint density at radius 2 is 2.14 bits per heavy atom. The number of benzene rings is 1. The molecule has 21 heavy (non-hydrogen) atoms. The van der Waals surface area contributed by atoms with Crippen molar-refractivity contribution in [1.29, 1.82) is 0 Å². The first-order valence-electron chi connectivity index (χ1n) is 7.73. The average Bonchev–Trinajstić information content (AvgIpc) is 3.04. The summed E-state index contributed by atoms with van der Waals surface area (Å²) in [4.78, 5) is 9.17. The zero-order valence-electron chi connectivity index (χ0n) is 12.4. The fraction of sp³-hybridized carbons (Fsp3) is 0.500. The van der Waals surface area contributed by atoms with Gasteiger partial charge in [-0.3, -0.25) is 0 Å². The molecule has 0 aliphatic carbocycles. The van der Waals surface area contributed by atoms with E-state index in [1.54, 1.807) is 0 Å². The van der Waals surface area contributed by atoms with Gasteiger partial charge in [0.05, 0.1) is 11.6 Å². The molecule has 0 bridgehead atoms. The van der Waals surface area contributed by atoms with Crippen molar-refractivity contribution in [3.8, 4) is 0 Å². The van der Waals surface area contributed by atoms with Gasteiger partial charge in [0.2, 0.25) is 5.95 Å². The standard InChI is InChI=1S/C16H22N4O/c1-2-9-17-16-19-14-8-4-3-7-13(14)15(20-16)18-11-12-6-5-10-21-12/h3-4,7-8,12H,2,5-6,9-11H2,1H3,(H2,17,18,19,20). The quantitative estimate of drug-likeness (QED) is 0.854. The summed E-state index contributed by atoms with van der Waals surface area (Å²) in [7, 11) is 0. The molecule has 5 nitrogen and oxygen atoms in total. The van der Waals surface area contributed by atoms with Crippen molar-refractivity contribution in [3.05, 3.63) is 24.3 Å². The van der Waals surface area contributed by atoms with Crippen LogP contribution in [0.4, 0.5) is 11.8 Å². The Bertz CT molecular complexity index is 596. The highest BCUT2D eigenvalue weighted by Crippen LogP contribution is 2.22. The molecule has 1 saturated heterocycles. The molecule has 112 valence electrons. The lowest BCUT2D eigenvalue weighted by Gasteiger charge is -2.14. The van der Waals surface area contributed by atoms with Crippen molar-refractivity contribution in [3.63, 3.8) is 0 Å². The summed E-state index contributed by atoms with van der Waals surface area (Å²) in [5.74, 6) is 1.57. The lowest BCUT2D eigenvalue weighted by molar-refractivity contribution is 0.120. The van der Waals surface area contributed by atoms with Gasteiger partial charge in [-0.2, -0.15) is 4.98 Å². The SMILES string of the molecule is CCCNc1nc(NCC2CCCO2)c2ccccc2n1. The third-order valence-corrected chi connectivity index (χ3v) is 3.66. The summed E-state index contributed by atoms with van der Waals surface area (Å²) in [5, 5.41) is 7.74. The molecule has 1 atom stereocenters. The molecule has 1 aliphatic rings. The minimum atomic E-state index is 0.297. The summed E-state index contributed by atoms with van der Waals surface area (Å²) in [6, 6.07) is 8.09. The summed E-state index contributed by atoms with van der Waals surface area (Å²) in [5.41, 5.74) is 0.959. The Kier molecular flexibility index (Phi) is 4.50. The van der Waals surface area contributed by atoms with E-state index in [1.807, 2.05) is 18.2 Å². The third kappa shape index (κ3) is 3.42. The summed E-state index contributed by atoms with van der Waals surface area (Å²) < 4.78 is 5.66. The smallest absolute Gasteiger partial charge is 0.225 e. The number of anilines is 2. The fourth-order valence-electron chi connectivity index (χ4n) is 2.54. The second kappa shape index (κ2) is 6.72. The van der Waals surface area contributed by atoms with Gasteiger partial charge in [-0.15, -0.1) is 0 Å². The number of para-hydroxylation sites is 1. The van der Waals surface area contributed by atoms with E-state index in [2.05, 4.69) is 33.6 Å². The number of fused-ring (bicyclic) bond motifs is 1. The molecular weight excluding hydrogens is 264 g/mol. The second-order valence-corrected chi connectivity index (χ2v) is 5.36. The van der Waals surface area contributed by atoms with Gasteiger partial charge in [0, 0.05) is 25.1 Å². The number of nitrogens with zero attached hydrogens (tertiary/aromatic N) is 2. The van der Waals surface area contributed by atoms with Crippen molar-refractivity contribution in [1.82, 2.24) is 9.97 Å². The Balaban J connectivity index is 1.82. The van der Waals surface area contributed by atoms with Crippen LogP contribution in [0.2, 0.25) is 0 Å². The first kappa shape index (κ1) is 14.1. The lowest BCUT2D eigenvalue weighted by Crippen LogP contribution is -2.19. The van der Waals surface area contributed by atoms with Crippen LogP contribution in [-0.2, 0) is 4.74 Å². The van der Waals surface area contributed by atoms with Crippen LogP contribution in [0.25, 0.3) is 10.9 Å². The molecule has 5 heteroatoms. The van der Waals surface area contributed by atoms with Crippen LogP contribution in [-0.4, -0.2) is 35.8 Å². The van der Waals surface area contributed by atoms with E-state index in [-0.39, 0.29) is 0 Å². The molecule has 3 rings (SSSR count). The molecule has 1 unspecified atom stereocenters. The van der Waals surface area contributed by atoms with Crippen molar-refractivity contribution in [2.24, 2.45) is 0 Å². The van der Waals surface area contributed by atoms with E-state index < -0.39 is 0 Å². The monoisotopic (exact) mass is 286 g/mol. The van der Waals surface area contributed by atoms with Crippen LogP contribution in [0, 0.1) is 0 Å². The normalized spacial score (nSPS) is 18.0.